The van der Waals surface area contributed by atoms with E-state index >= 15 is 0 Å². The maximum Gasteiger partial charge on any atom is 0.309 e. The predicted molar refractivity (Wildman–Crippen MR) is 99.6 cm³/mol. The number of ketones is 1. The van der Waals surface area contributed by atoms with Crippen molar-refractivity contribution in [3.05, 3.63) is 65.7 Å². The Bertz CT molecular complexity index is 834. The van der Waals surface area contributed by atoms with Gasteiger partial charge >= 0.3 is 5.97 Å². The Morgan fingerprint density at radius 1 is 0.857 bits per heavy atom. The van der Waals surface area contributed by atoms with E-state index in [-0.39, 0.29) is 18.8 Å². The predicted octanol–water partition coefficient (Wildman–Crippen LogP) is 1.66. The molecule has 8 nitrogen and oxygen atoms in total. The van der Waals surface area contributed by atoms with Crippen LogP contribution in [-0.2, 0) is 14.3 Å². The second-order valence-corrected chi connectivity index (χ2v) is 5.71. The molecule has 0 aliphatic heterocycles. The highest BCUT2D eigenvalue weighted by Gasteiger charge is 2.10. The number of esters is 1. The van der Waals surface area contributed by atoms with Crippen molar-refractivity contribution in [2.75, 3.05) is 13.2 Å². The summed E-state index contributed by atoms with van der Waals surface area (Å²) in [5, 5.41) is 0. The van der Waals surface area contributed by atoms with E-state index in [1.807, 2.05) is 0 Å². The highest BCUT2D eigenvalue weighted by molar-refractivity contribution is 5.95. The number of benzene rings is 2. The van der Waals surface area contributed by atoms with Gasteiger partial charge in [0.25, 0.3) is 11.8 Å². The van der Waals surface area contributed by atoms with Crippen LogP contribution in [0.2, 0.25) is 0 Å². The lowest BCUT2D eigenvalue weighted by Gasteiger charge is -2.09. The van der Waals surface area contributed by atoms with E-state index < -0.39 is 24.4 Å². The SMILES string of the molecule is CC(=O)c1ccc(OCCC(=O)OCC(=O)NNC(=O)c2ccccc2)cc1. The lowest BCUT2D eigenvalue weighted by molar-refractivity contribution is -0.149. The zero-order valence-corrected chi connectivity index (χ0v) is 15.3. The molecule has 0 saturated carbocycles. The Labute approximate surface area is 161 Å². The van der Waals surface area contributed by atoms with Crippen molar-refractivity contribution in [3.63, 3.8) is 0 Å². The van der Waals surface area contributed by atoms with Crippen molar-refractivity contribution in [1.82, 2.24) is 10.9 Å². The fraction of sp³-hybridized carbons (Fsp3) is 0.200. The van der Waals surface area contributed by atoms with Crippen LogP contribution >= 0.6 is 0 Å². The lowest BCUT2D eigenvalue weighted by Crippen LogP contribution is -2.43. The first-order valence-corrected chi connectivity index (χ1v) is 8.49. The third kappa shape index (κ3) is 6.91. The number of hydrogen-bond acceptors (Lipinski definition) is 6. The Balaban J connectivity index is 1.61. The lowest BCUT2D eigenvalue weighted by atomic mass is 10.1. The molecule has 0 unspecified atom stereocenters. The molecule has 2 rings (SSSR count). The van der Waals surface area contributed by atoms with E-state index in [0.717, 1.165) is 0 Å². The molecule has 0 saturated heterocycles. The largest absolute Gasteiger partial charge is 0.493 e. The van der Waals surface area contributed by atoms with Crippen LogP contribution in [0.25, 0.3) is 0 Å². The highest BCUT2D eigenvalue weighted by Crippen LogP contribution is 2.12. The van der Waals surface area contributed by atoms with Crippen molar-refractivity contribution < 1.29 is 28.7 Å². The third-order valence-corrected chi connectivity index (χ3v) is 3.55. The van der Waals surface area contributed by atoms with E-state index in [4.69, 9.17) is 9.47 Å². The molecule has 2 aromatic rings. The summed E-state index contributed by atoms with van der Waals surface area (Å²) in [7, 11) is 0. The van der Waals surface area contributed by atoms with Gasteiger partial charge in [0.05, 0.1) is 13.0 Å². The second kappa shape index (κ2) is 10.5. The van der Waals surface area contributed by atoms with Crippen LogP contribution in [0, 0.1) is 0 Å². The van der Waals surface area contributed by atoms with Gasteiger partial charge in [-0.1, -0.05) is 18.2 Å². The first-order valence-electron chi connectivity index (χ1n) is 8.49. The number of Topliss-reactive ketones (excluding diaryl/α,β-unsaturated/α-hetero) is 1. The van der Waals surface area contributed by atoms with E-state index in [0.29, 0.717) is 16.9 Å². The number of ether oxygens (including phenoxy) is 2. The average Bonchev–Trinajstić information content (AvgIpc) is 2.71. The molecule has 0 bridgehead atoms. The molecule has 2 amide bonds. The minimum Gasteiger partial charge on any atom is -0.493 e. The summed E-state index contributed by atoms with van der Waals surface area (Å²) in [4.78, 5) is 46.2. The standard InChI is InChI=1S/C20H20N2O6/c1-14(23)15-7-9-17(10-8-15)27-12-11-19(25)28-13-18(24)21-22-20(26)16-5-3-2-4-6-16/h2-10H,11-13H2,1H3,(H,21,24)(H,22,26). The first-order chi connectivity index (χ1) is 13.5. The van der Waals surface area contributed by atoms with Crippen LogP contribution in [0.1, 0.15) is 34.1 Å². The molecule has 0 heterocycles. The number of hydrogen-bond donors (Lipinski definition) is 2. The van der Waals surface area contributed by atoms with Gasteiger partial charge in [0, 0.05) is 11.1 Å². The fourth-order valence-corrected chi connectivity index (χ4v) is 2.08. The zero-order chi connectivity index (χ0) is 20.4. The molecule has 0 aliphatic rings. The number of carbonyl (C=O) groups is 4. The Morgan fingerprint density at radius 2 is 1.54 bits per heavy atom. The van der Waals surface area contributed by atoms with Crippen LogP contribution < -0.4 is 15.6 Å². The Morgan fingerprint density at radius 3 is 2.18 bits per heavy atom. The smallest absolute Gasteiger partial charge is 0.309 e. The van der Waals surface area contributed by atoms with E-state index in [1.54, 1.807) is 54.6 Å². The van der Waals surface area contributed by atoms with Gasteiger partial charge in [-0.05, 0) is 43.3 Å². The molecule has 0 spiro atoms. The minimum atomic E-state index is -0.668. The van der Waals surface area contributed by atoms with Gasteiger partial charge < -0.3 is 9.47 Å². The van der Waals surface area contributed by atoms with Gasteiger partial charge in [0.15, 0.2) is 12.4 Å². The molecular formula is C20H20N2O6. The van der Waals surface area contributed by atoms with Crippen molar-refractivity contribution in [1.29, 1.82) is 0 Å². The van der Waals surface area contributed by atoms with Crippen molar-refractivity contribution in [3.8, 4) is 5.75 Å². The average molecular weight is 384 g/mol. The fourth-order valence-electron chi connectivity index (χ4n) is 2.08. The topological polar surface area (TPSA) is 111 Å². The zero-order valence-electron chi connectivity index (χ0n) is 15.3. The molecule has 28 heavy (non-hydrogen) atoms. The van der Waals surface area contributed by atoms with Crippen molar-refractivity contribution in [2.24, 2.45) is 0 Å². The second-order valence-electron chi connectivity index (χ2n) is 5.71. The molecule has 0 atom stereocenters. The number of rotatable bonds is 8. The van der Waals surface area contributed by atoms with Gasteiger partial charge in [-0.2, -0.15) is 0 Å². The van der Waals surface area contributed by atoms with Gasteiger partial charge in [0.2, 0.25) is 0 Å². The highest BCUT2D eigenvalue weighted by atomic mass is 16.5. The molecule has 2 aromatic carbocycles. The number of amides is 2. The van der Waals surface area contributed by atoms with E-state index in [1.165, 1.54) is 6.92 Å². The van der Waals surface area contributed by atoms with Gasteiger partial charge in [-0.15, -0.1) is 0 Å². The van der Waals surface area contributed by atoms with Gasteiger partial charge in [-0.3, -0.25) is 30.0 Å². The molecule has 146 valence electrons. The van der Waals surface area contributed by atoms with Crippen LogP contribution in [0.15, 0.2) is 54.6 Å². The van der Waals surface area contributed by atoms with Crippen molar-refractivity contribution in [2.45, 2.75) is 13.3 Å². The summed E-state index contributed by atoms with van der Waals surface area (Å²) in [6.45, 7) is 1.00. The Kier molecular flexibility index (Phi) is 7.71. The monoisotopic (exact) mass is 384 g/mol. The third-order valence-electron chi connectivity index (χ3n) is 3.55. The number of carbonyl (C=O) groups excluding carboxylic acids is 4. The molecule has 0 fully saturated rings. The molecule has 8 heteroatoms. The summed E-state index contributed by atoms with van der Waals surface area (Å²) in [6, 6.07) is 14.9. The normalized spacial score (nSPS) is 9.89. The van der Waals surface area contributed by atoms with E-state index in [9.17, 15) is 19.2 Å². The molecule has 2 N–H and O–H groups in total. The molecule has 0 aromatic heterocycles. The maximum atomic E-state index is 11.8. The van der Waals surface area contributed by atoms with E-state index in [2.05, 4.69) is 10.9 Å². The van der Waals surface area contributed by atoms with Crippen LogP contribution in [0.5, 0.6) is 5.75 Å². The Hall–Kier alpha value is -3.68. The molecular weight excluding hydrogens is 364 g/mol. The summed E-state index contributed by atoms with van der Waals surface area (Å²) >= 11 is 0. The maximum absolute atomic E-state index is 11.8. The van der Waals surface area contributed by atoms with Crippen LogP contribution in [0.3, 0.4) is 0 Å². The number of hydrazine groups is 1. The minimum absolute atomic E-state index is 0.0478. The van der Waals surface area contributed by atoms with Crippen LogP contribution in [0.4, 0.5) is 0 Å². The van der Waals surface area contributed by atoms with Gasteiger partial charge in [0.1, 0.15) is 5.75 Å². The summed E-state index contributed by atoms with van der Waals surface area (Å²) in [6.07, 6.45) is -0.0574. The van der Waals surface area contributed by atoms with Crippen molar-refractivity contribution >= 4 is 23.6 Å². The molecule has 0 aliphatic carbocycles. The van der Waals surface area contributed by atoms with Crippen LogP contribution in [-0.4, -0.2) is 36.8 Å². The quantitative estimate of drug-likeness (QED) is 0.407. The summed E-state index contributed by atoms with van der Waals surface area (Å²) in [5.74, 6) is -1.31. The van der Waals surface area contributed by atoms with Gasteiger partial charge in [-0.25, -0.2) is 0 Å². The number of nitrogens with one attached hydrogen (secondary N) is 2. The molecule has 0 radical (unpaired) electrons. The first kappa shape index (κ1) is 20.6. The summed E-state index contributed by atoms with van der Waals surface area (Å²) < 4.78 is 10.2. The summed E-state index contributed by atoms with van der Waals surface area (Å²) in [5.41, 5.74) is 5.33.